The third-order valence-corrected chi connectivity index (χ3v) is 1.02. The van der Waals surface area contributed by atoms with E-state index < -0.39 is 11.7 Å². The zero-order chi connectivity index (χ0) is 6.08. The maximum absolute atomic E-state index is 8.84. The molecule has 0 rings (SSSR count). The second-order valence-electron chi connectivity index (χ2n) is 2.33. The Bertz CT molecular complexity index is 51.6. The summed E-state index contributed by atoms with van der Waals surface area (Å²) in [7, 11) is 0. The lowest BCUT2D eigenvalue weighted by Gasteiger charge is -2.19. The van der Waals surface area contributed by atoms with Gasteiger partial charge in [-0.25, -0.2) is 0 Å². The van der Waals surface area contributed by atoms with Gasteiger partial charge in [0, 0.05) is 0 Å². The quantitative estimate of drug-likeness (QED) is 0.496. The van der Waals surface area contributed by atoms with Gasteiger partial charge in [-0.2, -0.15) is 0 Å². The van der Waals surface area contributed by atoms with Crippen molar-refractivity contribution in [3.8, 4) is 0 Å². The van der Waals surface area contributed by atoms with Crippen LogP contribution in [0.15, 0.2) is 0 Å². The smallest absolute Gasteiger partial charge is 0.0846 e. The average molecular weight is 104 g/mol. The molecule has 0 aromatic rings. The summed E-state index contributed by atoms with van der Waals surface area (Å²) >= 11 is 0. The molecule has 0 aliphatic carbocycles. The van der Waals surface area contributed by atoms with E-state index in [0.717, 1.165) is 0 Å². The molecule has 1 atom stereocenters. The van der Waals surface area contributed by atoms with Gasteiger partial charge in [0.1, 0.15) is 0 Å². The Labute approximate surface area is 43.8 Å². The Morgan fingerprint density at radius 2 is 1.57 bits per heavy atom. The molecule has 2 heteroatoms. The predicted octanol–water partition coefficient (Wildman–Crippen LogP) is 0.138. The highest BCUT2D eigenvalue weighted by Crippen LogP contribution is 2.05. The largest absolute Gasteiger partial charge is 0.390 e. The molecule has 7 heavy (non-hydrogen) atoms. The SMILES string of the molecule is CC(O)C(C)(C)O. The van der Waals surface area contributed by atoms with E-state index in [1.165, 1.54) is 0 Å². The van der Waals surface area contributed by atoms with Gasteiger partial charge in [0.25, 0.3) is 0 Å². The molecular formula is C5H12O2. The lowest BCUT2D eigenvalue weighted by Crippen LogP contribution is -2.32. The van der Waals surface area contributed by atoms with Crippen molar-refractivity contribution in [2.24, 2.45) is 0 Å². The zero-order valence-electron chi connectivity index (χ0n) is 4.97. The van der Waals surface area contributed by atoms with Crippen LogP contribution in [-0.2, 0) is 0 Å². The molecule has 2 nitrogen and oxygen atoms in total. The van der Waals surface area contributed by atoms with Crippen LogP contribution >= 0.6 is 0 Å². The molecule has 0 amide bonds. The van der Waals surface area contributed by atoms with Crippen molar-refractivity contribution in [1.82, 2.24) is 0 Å². The van der Waals surface area contributed by atoms with E-state index in [-0.39, 0.29) is 0 Å². The summed E-state index contributed by atoms with van der Waals surface area (Å²) in [6.45, 7) is 4.69. The molecule has 0 aliphatic heterocycles. The van der Waals surface area contributed by atoms with Crippen LogP contribution in [0, 0.1) is 0 Å². The van der Waals surface area contributed by atoms with Crippen LogP contribution in [0.4, 0.5) is 0 Å². The Kier molecular flexibility index (Phi) is 1.78. The van der Waals surface area contributed by atoms with Crippen LogP contribution < -0.4 is 0 Å². The molecule has 2 N–H and O–H groups in total. The number of aliphatic hydroxyl groups is 2. The number of hydrogen-bond donors (Lipinski definition) is 2. The first-order valence-electron chi connectivity index (χ1n) is 2.35. The van der Waals surface area contributed by atoms with Gasteiger partial charge < -0.3 is 10.2 Å². The third kappa shape index (κ3) is 2.60. The van der Waals surface area contributed by atoms with E-state index in [1.54, 1.807) is 20.8 Å². The summed E-state index contributed by atoms with van der Waals surface area (Å²) in [4.78, 5) is 0. The zero-order valence-corrected chi connectivity index (χ0v) is 4.97. The fourth-order valence-corrected chi connectivity index (χ4v) is 0. The number of hydrogen-bond acceptors (Lipinski definition) is 2. The van der Waals surface area contributed by atoms with E-state index in [0.29, 0.717) is 0 Å². The summed E-state index contributed by atoms with van der Waals surface area (Å²) < 4.78 is 0. The summed E-state index contributed by atoms with van der Waals surface area (Å²) in [6, 6.07) is 0. The van der Waals surface area contributed by atoms with Gasteiger partial charge in [-0.05, 0) is 20.8 Å². The van der Waals surface area contributed by atoms with E-state index in [2.05, 4.69) is 0 Å². The van der Waals surface area contributed by atoms with Gasteiger partial charge in [-0.15, -0.1) is 0 Å². The van der Waals surface area contributed by atoms with Crippen LogP contribution in [0.25, 0.3) is 0 Å². The lowest BCUT2D eigenvalue weighted by atomic mass is 10.0. The van der Waals surface area contributed by atoms with Crippen molar-refractivity contribution in [2.75, 3.05) is 0 Å². The van der Waals surface area contributed by atoms with Crippen molar-refractivity contribution >= 4 is 0 Å². The normalized spacial score (nSPS) is 16.7. The molecule has 0 bridgehead atoms. The second kappa shape index (κ2) is 1.80. The van der Waals surface area contributed by atoms with Gasteiger partial charge in [0.05, 0.1) is 11.7 Å². The van der Waals surface area contributed by atoms with Gasteiger partial charge in [-0.1, -0.05) is 0 Å². The second-order valence-corrected chi connectivity index (χ2v) is 2.33. The average Bonchev–Trinajstić information content (AvgIpc) is 1.31. The van der Waals surface area contributed by atoms with Gasteiger partial charge >= 0.3 is 0 Å². The Hall–Kier alpha value is -0.0800. The summed E-state index contributed by atoms with van der Waals surface area (Å²) in [5, 5.41) is 17.5. The monoisotopic (exact) mass is 104 g/mol. The highest BCUT2D eigenvalue weighted by atomic mass is 16.3. The van der Waals surface area contributed by atoms with Crippen LogP contribution in [0.2, 0.25) is 0 Å². The van der Waals surface area contributed by atoms with E-state index in [9.17, 15) is 0 Å². The van der Waals surface area contributed by atoms with Gasteiger partial charge in [0.2, 0.25) is 0 Å². The van der Waals surface area contributed by atoms with E-state index >= 15 is 0 Å². The topological polar surface area (TPSA) is 40.5 Å². The van der Waals surface area contributed by atoms with Crippen LogP contribution in [0.5, 0.6) is 0 Å². The fraction of sp³-hybridized carbons (Fsp3) is 1.00. The fourth-order valence-electron chi connectivity index (χ4n) is 0. The van der Waals surface area contributed by atoms with Crippen molar-refractivity contribution in [2.45, 2.75) is 32.5 Å². The minimum atomic E-state index is -0.944. The summed E-state index contributed by atoms with van der Waals surface area (Å²) in [5.74, 6) is 0. The van der Waals surface area contributed by atoms with Crippen molar-refractivity contribution in [1.29, 1.82) is 0 Å². The molecule has 0 heterocycles. The Morgan fingerprint density at radius 1 is 1.43 bits per heavy atom. The molecule has 0 aliphatic rings. The minimum Gasteiger partial charge on any atom is -0.390 e. The maximum Gasteiger partial charge on any atom is 0.0846 e. The summed E-state index contributed by atoms with van der Waals surface area (Å²) in [5.41, 5.74) is -0.944. The van der Waals surface area contributed by atoms with Gasteiger partial charge in [0.15, 0.2) is 0 Å². The molecule has 0 aromatic carbocycles. The predicted molar refractivity (Wildman–Crippen MR) is 28.0 cm³/mol. The highest BCUT2D eigenvalue weighted by molar-refractivity contribution is 4.70. The third-order valence-electron chi connectivity index (χ3n) is 1.02. The summed E-state index contributed by atoms with van der Waals surface area (Å²) in [6.07, 6.45) is -0.646. The molecular weight excluding hydrogens is 92.1 g/mol. The molecule has 0 saturated carbocycles. The number of aliphatic hydroxyl groups excluding tert-OH is 1. The van der Waals surface area contributed by atoms with Crippen LogP contribution in [0.3, 0.4) is 0 Å². The first-order chi connectivity index (χ1) is 2.94. The lowest BCUT2D eigenvalue weighted by molar-refractivity contribution is -0.0375. The highest BCUT2D eigenvalue weighted by Gasteiger charge is 2.18. The molecule has 0 radical (unpaired) electrons. The first kappa shape index (κ1) is 6.92. The minimum absolute atomic E-state index is 0.646. The Balaban J connectivity index is 3.54. The molecule has 44 valence electrons. The number of rotatable bonds is 1. The van der Waals surface area contributed by atoms with Gasteiger partial charge in [-0.3, -0.25) is 0 Å². The van der Waals surface area contributed by atoms with Crippen LogP contribution in [-0.4, -0.2) is 21.9 Å². The van der Waals surface area contributed by atoms with E-state index in [4.69, 9.17) is 10.2 Å². The Morgan fingerprint density at radius 3 is 1.57 bits per heavy atom. The molecule has 0 aromatic heterocycles. The molecule has 1 unspecified atom stereocenters. The van der Waals surface area contributed by atoms with Crippen LogP contribution in [0.1, 0.15) is 20.8 Å². The van der Waals surface area contributed by atoms with Crippen molar-refractivity contribution in [3.05, 3.63) is 0 Å². The molecule has 0 saturated heterocycles. The standard InChI is InChI=1S/C5H12O2/c1-4(6)5(2,3)7/h4,6-7H,1-3H3. The first-order valence-corrected chi connectivity index (χ1v) is 2.35. The maximum atomic E-state index is 8.84. The molecule has 0 spiro atoms. The van der Waals surface area contributed by atoms with E-state index in [1.807, 2.05) is 0 Å². The molecule has 0 fully saturated rings. The van der Waals surface area contributed by atoms with Crippen molar-refractivity contribution < 1.29 is 10.2 Å². The van der Waals surface area contributed by atoms with Crippen molar-refractivity contribution in [3.63, 3.8) is 0 Å².